The highest BCUT2D eigenvalue weighted by molar-refractivity contribution is 7.99. The van der Waals surface area contributed by atoms with Gasteiger partial charge in [-0.05, 0) is 30.0 Å². The quantitative estimate of drug-likeness (QED) is 0.772. The second-order valence-electron chi connectivity index (χ2n) is 8.13. The summed E-state index contributed by atoms with van der Waals surface area (Å²) in [5, 5.41) is 2.94. The van der Waals surface area contributed by atoms with E-state index in [1.807, 2.05) is 34.9 Å². The molecule has 3 N–H and O–H groups in total. The standard InChI is InChI=1S/C20H30N4O2S.ClH/c1-20(2)14-23(7-6-17(20)21)13-18(25)22-16-5-3-4-15(12-16)19(26)24-8-10-27-11-9-24;/h3-5,12,17H,6-11,13-14,21H2,1-2H3,(H,22,25);1H. The summed E-state index contributed by atoms with van der Waals surface area (Å²) in [7, 11) is 0. The van der Waals surface area contributed by atoms with Gasteiger partial charge in [0.05, 0.1) is 6.54 Å². The van der Waals surface area contributed by atoms with Crippen LogP contribution in [0.3, 0.4) is 0 Å². The minimum absolute atomic E-state index is 0. The largest absolute Gasteiger partial charge is 0.337 e. The van der Waals surface area contributed by atoms with Gasteiger partial charge in [0.2, 0.25) is 5.91 Å². The molecule has 2 amide bonds. The smallest absolute Gasteiger partial charge is 0.253 e. The highest BCUT2D eigenvalue weighted by atomic mass is 35.5. The Labute approximate surface area is 178 Å². The summed E-state index contributed by atoms with van der Waals surface area (Å²) in [5.74, 6) is 1.95. The maximum absolute atomic E-state index is 12.6. The summed E-state index contributed by atoms with van der Waals surface area (Å²) in [4.78, 5) is 29.2. The number of piperidine rings is 1. The number of amides is 2. The van der Waals surface area contributed by atoms with Crippen molar-refractivity contribution < 1.29 is 9.59 Å². The van der Waals surface area contributed by atoms with Crippen LogP contribution < -0.4 is 11.1 Å². The van der Waals surface area contributed by atoms with Crippen molar-refractivity contribution in [3.63, 3.8) is 0 Å². The second-order valence-corrected chi connectivity index (χ2v) is 9.35. The van der Waals surface area contributed by atoms with Gasteiger partial charge in [-0.3, -0.25) is 14.5 Å². The van der Waals surface area contributed by atoms with Crippen molar-refractivity contribution in [1.29, 1.82) is 0 Å². The number of hydrogen-bond donors (Lipinski definition) is 2. The van der Waals surface area contributed by atoms with Crippen LogP contribution in [0.15, 0.2) is 24.3 Å². The maximum Gasteiger partial charge on any atom is 0.253 e. The van der Waals surface area contributed by atoms with E-state index in [0.717, 1.165) is 44.1 Å². The fourth-order valence-corrected chi connectivity index (χ4v) is 4.61. The fraction of sp³-hybridized carbons (Fsp3) is 0.600. The highest BCUT2D eigenvalue weighted by Gasteiger charge is 2.33. The third kappa shape index (κ3) is 5.86. The molecular weight excluding hydrogens is 396 g/mol. The van der Waals surface area contributed by atoms with Crippen LogP contribution in [0.25, 0.3) is 0 Å². The number of carbonyl (C=O) groups is 2. The fourth-order valence-electron chi connectivity index (χ4n) is 3.70. The zero-order chi connectivity index (χ0) is 19.4. The summed E-state index contributed by atoms with van der Waals surface area (Å²) < 4.78 is 0. The molecule has 2 fully saturated rings. The lowest BCUT2D eigenvalue weighted by Gasteiger charge is -2.42. The Morgan fingerprint density at radius 1 is 1.25 bits per heavy atom. The van der Waals surface area contributed by atoms with E-state index in [4.69, 9.17) is 5.73 Å². The van der Waals surface area contributed by atoms with Crippen molar-refractivity contribution in [1.82, 2.24) is 9.80 Å². The van der Waals surface area contributed by atoms with E-state index in [2.05, 4.69) is 24.1 Å². The number of nitrogens with zero attached hydrogens (tertiary/aromatic N) is 2. The molecule has 0 bridgehead atoms. The molecule has 0 saturated carbocycles. The summed E-state index contributed by atoms with van der Waals surface area (Å²) in [6.45, 7) is 7.86. The van der Waals surface area contributed by atoms with Crippen LogP contribution >= 0.6 is 24.2 Å². The average molecular weight is 427 g/mol. The molecule has 6 nitrogen and oxygen atoms in total. The van der Waals surface area contributed by atoms with E-state index in [0.29, 0.717) is 17.8 Å². The van der Waals surface area contributed by atoms with Crippen LogP contribution in [0.1, 0.15) is 30.6 Å². The normalized spacial score (nSPS) is 22.2. The number of likely N-dealkylation sites (tertiary alicyclic amines) is 1. The lowest BCUT2D eigenvalue weighted by Crippen LogP contribution is -2.53. The molecule has 3 rings (SSSR count). The third-order valence-electron chi connectivity index (χ3n) is 5.45. The molecule has 2 heterocycles. The molecule has 0 radical (unpaired) electrons. The van der Waals surface area contributed by atoms with E-state index >= 15 is 0 Å². The second kappa shape index (κ2) is 9.96. The summed E-state index contributed by atoms with van der Waals surface area (Å²) in [6, 6.07) is 7.42. The van der Waals surface area contributed by atoms with Gasteiger partial charge < -0.3 is 16.0 Å². The molecular formula is C20H31ClN4O2S. The molecule has 156 valence electrons. The van der Waals surface area contributed by atoms with Crippen LogP contribution in [-0.4, -0.2) is 71.9 Å². The van der Waals surface area contributed by atoms with Crippen molar-refractivity contribution in [2.75, 3.05) is 49.5 Å². The molecule has 1 aromatic carbocycles. The van der Waals surface area contributed by atoms with E-state index in [1.54, 1.807) is 6.07 Å². The van der Waals surface area contributed by atoms with Gasteiger partial charge in [-0.25, -0.2) is 0 Å². The Morgan fingerprint density at radius 2 is 1.96 bits per heavy atom. The molecule has 1 atom stereocenters. The minimum Gasteiger partial charge on any atom is -0.337 e. The Balaban J connectivity index is 0.00000280. The molecule has 1 aromatic rings. The number of halogens is 1. The van der Waals surface area contributed by atoms with Crippen molar-refractivity contribution >= 4 is 41.7 Å². The van der Waals surface area contributed by atoms with Gasteiger partial charge >= 0.3 is 0 Å². The van der Waals surface area contributed by atoms with Crippen molar-refractivity contribution in [3.8, 4) is 0 Å². The van der Waals surface area contributed by atoms with Gasteiger partial charge in [0, 0.05) is 55.0 Å². The van der Waals surface area contributed by atoms with Gasteiger partial charge in [-0.1, -0.05) is 19.9 Å². The lowest BCUT2D eigenvalue weighted by atomic mass is 9.80. The van der Waals surface area contributed by atoms with Crippen LogP contribution in [0.2, 0.25) is 0 Å². The first-order chi connectivity index (χ1) is 12.8. The topological polar surface area (TPSA) is 78.7 Å². The molecule has 0 spiro atoms. The van der Waals surface area contributed by atoms with E-state index in [9.17, 15) is 9.59 Å². The van der Waals surface area contributed by atoms with Gasteiger partial charge in [-0.15, -0.1) is 12.4 Å². The number of anilines is 1. The van der Waals surface area contributed by atoms with Crippen LogP contribution in [-0.2, 0) is 4.79 Å². The predicted molar refractivity (Wildman–Crippen MR) is 118 cm³/mol. The highest BCUT2D eigenvalue weighted by Crippen LogP contribution is 2.27. The average Bonchev–Trinajstić information content (AvgIpc) is 2.65. The number of benzene rings is 1. The number of hydrogen-bond acceptors (Lipinski definition) is 5. The Bertz CT molecular complexity index is 695. The molecule has 8 heteroatoms. The Kier molecular flexibility index (Phi) is 8.18. The maximum atomic E-state index is 12.6. The Morgan fingerprint density at radius 3 is 2.64 bits per heavy atom. The zero-order valence-corrected chi connectivity index (χ0v) is 18.3. The first-order valence-electron chi connectivity index (χ1n) is 9.60. The molecule has 2 saturated heterocycles. The predicted octanol–water partition coefficient (Wildman–Crippen LogP) is 2.30. The minimum atomic E-state index is -0.0553. The molecule has 2 aliphatic heterocycles. The summed E-state index contributed by atoms with van der Waals surface area (Å²) in [6.07, 6.45) is 0.901. The number of nitrogens with two attached hydrogens (primary N) is 1. The number of carbonyl (C=O) groups excluding carboxylic acids is 2. The van der Waals surface area contributed by atoms with E-state index in [1.165, 1.54) is 0 Å². The molecule has 1 unspecified atom stereocenters. The van der Waals surface area contributed by atoms with Crippen LogP contribution in [0.5, 0.6) is 0 Å². The molecule has 0 aliphatic carbocycles. The van der Waals surface area contributed by atoms with Gasteiger partial charge in [-0.2, -0.15) is 11.8 Å². The summed E-state index contributed by atoms with van der Waals surface area (Å²) >= 11 is 1.88. The van der Waals surface area contributed by atoms with Crippen molar-refractivity contribution in [3.05, 3.63) is 29.8 Å². The van der Waals surface area contributed by atoms with Gasteiger partial charge in [0.15, 0.2) is 0 Å². The molecule has 0 aromatic heterocycles. The number of nitrogens with one attached hydrogen (secondary N) is 1. The van der Waals surface area contributed by atoms with Gasteiger partial charge in [0.25, 0.3) is 5.91 Å². The first kappa shape index (κ1) is 23.0. The van der Waals surface area contributed by atoms with Gasteiger partial charge in [0.1, 0.15) is 0 Å². The SMILES string of the molecule is CC1(C)CN(CC(=O)Nc2cccc(C(=O)N3CCSCC3)c2)CCC1N.Cl. The van der Waals surface area contributed by atoms with E-state index < -0.39 is 0 Å². The monoisotopic (exact) mass is 426 g/mol. The molecule has 28 heavy (non-hydrogen) atoms. The lowest BCUT2D eigenvalue weighted by molar-refractivity contribution is -0.118. The molecule has 2 aliphatic rings. The van der Waals surface area contributed by atoms with Crippen LogP contribution in [0.4, 0.5) is 5.69 Å². The first-order valence-corrected chi connectivity index (χ1v) is 10.8. The summed E-state index contributed by atoms with van der Waals surface area (Å²) in [5.41, 5.74) is 7.48. The van der Waals surface area contributed by atoms with E-state index in [-0.39, 0.29) is 35.7 Å². The zero-order valence-electron chi connectivity index (χ0n) is 16.6. The van der Waals surface area contributed by atoms with Crippen LogP contribution in [0, 0.1) is 5.41 Å². The Hall–Kier alpha value is -1.28. The van der Waals surface area contributed by atoms with Crippen molar-refractivity contribution in [2.24, 2.45) is 11.1 Å². The number of rotatable bonds is 4. The number of thioether (sulfide) groups is 1. The van der Waals surface area contributed by atoms with Crippen molar-refractivity contribution in [2.45, 2.75) is 26.3 Å². The third-order valence-corrected chi connectivity index (χ3v) is 6.39.